The van der Waals surface area contributed by atoms with Gasteiger partial charge in [0.25, 0.3) is 0 Å². The van der Waals surface area contributed by atoms with E-state index in [-0.39, 0.29) is 6.03 Å². The molecule has 2 amide bonds. The molecule has 0 aromatic heterocycles. The highest BCUT2D eigenvalue weighted by molar-refractivity contribution is 5.75. The Hall–Kier alpha value is -1.24. The molecule has 0 heterocycles. The first-order chi connectivity index (χ1) is 7.22. The van der Waals surface area contributed by atoms with Gasteiger partial charge in [0, 0.05) is 6.54 Å². The number of nitrogens with zero attached hydrogens (tertiary/aromatic N) is 1. The third kappa shape index (κ3) is 3.43. The minimum Gasteiger partial charge on any atom is -0.338 e. The molecular weight excluding hydrogens is 190 g/mol. The maximum Gasteiger partial charge on any atom is 0.316 e. The molecule has 0 spiro atoms. The SMILES string of the molecule is CCNC(=O)NC1(C#N)CCCCCC1. The smallest absolute Gasteiger partial charge is 0.316 e. The lowest BCUT2D eigenvalue weighted by Gasteiger charge is -2.26. The Balaban J connectivity index is 2.58. The maximum absolute atomic E-state index is 11.4. The van der Waals surface area contributed by atoms with E-state index in [4.69, 9.17) is 0 Å². The maximum atomic E-state index is 11.4. The second-order valence-corrected chi connectivity index (χ2v) is 4.09. The molecule has 0 unspecified atom stereocenters. The number of urea groups is 1. The molecule has 1 aliphatic rings. The van der Waals surface area contributed by atoms with Crippen molar-refractivity contribution >= 4 is 6.03 Å². The molecule has 4 nitrogen and oxygen atoms in total. The van der Waals surface area contributed by atoms with Gasteiger partial charge in [-0.1, -0.05) is 25.7 Å². The van der Waals surface area contributed by atoms with Crippen LogP contribution < -0.4 is 10.6 Å². The standard InChI is InChI=1S/C11H19N3O/c1-2-13-10(15)14-11(9-12)7-5-3-4-6-8-11/h2-8H2,1H3,(H2,13,14,15). The number of nitrogens with one attached hydrogen (secondary N) is 2. The van der Waals surface area contributed by atoms with Crippen molar-refractivity contribution in [2.45, 2.75) is 51.0 Å². The summed E-state index contributed by atoms with van der Waals surface area (Å²) < 4.78 is 0. The first kappa shape index (κ1) is 11.8. The Morgan fingerprint density at radius 2 is 1.93 bits per heavy atom. The summed E-state index contributed by atoms with van der Waals surface area (Å²) in [6.45, 7) is 2.46. The lowest BCUT2D eigenvalue weighted by atomic mass is 9.92. The number of carbonyl (C=O) groups excluding carboxylic acids is 1. The van der Waals surface area contributed by atoms with Crippen LogP contribution in [0.15, 0.2) is 0 Å². The van der Waals surface area contributed by atoms with Crippen molar-refractivity contribution in [1.82, 2.24) is 10.6 Å². The highest BCUT2D eigenvalue weighted by Gasteiger charge is 2.32. The number of carbonyl (C=O) groups is 1. The van der Waals surface area contributed by atoms with Crippen LogP contribution >= 0.6 is 0 Å². The Bertz CT molecular complexity index is 249. The summed E-state index contributed by atoms with van der Waals surface area (Å²) in [5, 5.41) is 14.7. The number of hydrogen-bond acceptors (Lipinski definition) is 2. The van der Waals surface area contributed by atoms with Crippen LogP contribution in [0.2, 0.25) is 0 Å². The van der Waals surface area contributed by atoms with Gasteiger partial charge in [0.15, 0.2) is 0 Å². The number of nitriles is 1. The molecule has 0 aliphatic heterocycles. The monoisotopic (exact) mass is 209 g/mol. The average molecular weight is 209 g/mol. The van der Waals surface area contributed by atoms with Crippen molar-refractivity contribution in [2.24, 2.45) is 0 Å². The molecule has 2 N–H and O–H groups in total. The van der Waals surface area contributed by atoms with Gasteiger partial charge in [0.2, 0.25) is 0 Å². The van der Waals surface area contributed by atoms with Gasteiger partial charge >= 0.3 is 6.03 Å². The van der Waals surface area contributed by atoms with E-state index < -0.39 is 5.54 Å². The zero-order chi connectivity index (χ0) is 11.1. The second-order valence-electron chi connectivity index (χ2n) is 4.09. The fraction of sp³-hybridized carbons (Fsp3) is 0.818. The topological polar surface area (TPSA) is 64.9 Å². The Morgan fingerprint density at radius 3 is 2.40 bits per heavy atom. The minimum absolute atomic E-state index is 0.221. The van der Waals surface area contributed by atoms with E-state index in [0.29, 0.717) is 6.54 Å². The molecule has 4 heteroatoms. The lowest BCUT2D eigenvalue weighted by Crippen LogP contribution is -2.51. The molecule has 0 aromatic carbocycles. The summed E-state index contributed by atoms with van der Waals surface area (Å²) in [5.41, 5.74) is -0.629. The fourth-order valence-corrected chi connectivity index (χ4v) is 2.02. The van der Waals surface area contributed by atoms with E-state index in [2.05, 4.69) is 16.7 Å². The molecule has 1 rings (SSSR count). The third-order valence-electron chi connectivity index (χ3n) is 2.86. The predicted octanol–water partition coefficient (Wildman–Crippen LogP) is 1.92. The van der Waals surface area contributed by atoms with Gasteiger partial charge in [0.1, 0.15) is 5.54 Å². The molecule has 1 fully saturated rings. The number of amides is 2. The summed E-state index contributed by atoms with van der Waals surface area (Å²) >= 11 is 0. The summed E-state index contributed by atoms with van der Waals surface area (Å²) in [5.74, 6) is 0. The van der Waals surface area contributed by atoms with Crippen LogP contribution in [0.25, 0.3) is 0 Å². The molecular formula is C11H19N3O. The van der Waals surface area contributed by atoms with Crippen LogP contribution in [0.5, 0.6) is 0 Å². The molecule has 0 bridgehead atoms. The molecule has 15 heavy (non-hydrogen) atoms. The Morgan fingerprint density at radius 1 is 1.33 bits per heavy atom. The van der Waals surface area contributed by atoms with E-state index in [9.17, 15) is 10.1 Å². The third-order valence-corrected chi connectivity index (χ3v) is 2.86. The van der Waals surface area contributed by atoms with Crippen molar-refractivity contribution < 1.29 is 4.79 Å². The van der Waals surface area contributed by atoms with Crippen molar-refractivity contribution in [1.29, 1.82) is 5.26 Å². The van der Waals surface area contributed by atoms with E-state index in [0.717, 1.165) is 25.7 Å². The van der Waals surface area contributed by atoms with Crippen LogP contribution in [0.3, 0.4) is 0 Å². The largest absolute Gasteiger partial charge is 0.338 e. The van der Waals surface area contributed by atoms with Crippen LogP contribution in [0, 0.1) is 11.3 Å². The van der Waals surface area contributed by atoms with Gasteiger partial charge in [0.05, 0.1) is 6.07 Å². The Kier molecular flexibility index (Phi) is 4.41. The number of hydrogen-bond donors (Lipinski definition) is 2. The van der Waals surface area contributed by atoms with Gasteiger partial charge in [-0.3, -0.25) is 0 Å². The van der Waals surface area contributed by atoms with Crippen LogP contribution in [-0.4, -0.2) is 18.1 Å². The first-order valence-electron chi connectivity index (χ1n) is 5.70. The van der Waals surface area contributed by atoms with Gasteiger partial charge < -0.3 is 10.6 Å². The van der Waals surface area contributed by atoms with E-state index in [1.54, 1.807) is 0 Å². The normalized spacial score (nSPS) is 19.7. The molecule has 0 atom stereocenters. The van der Waals surface area contributed by atoms with Crippen molar-refractivity contribution in [3.8, 4) is 6.07 Å². The van der Waals surface area contributed by atoms with E-state index in [1.165, 1.54) is 12.8 Å². The van der Waals surface area contributed by atoms with Crippen molar-refractivity contribution in [2.75, 3.05) is 6.54 Å². The van der Waals surface area contributed by atoms with Crippen LogP contribution in [0.4, 0.5) is 4.79 Å². The van der Waals surface area contributed by atoms with Crippen molar-refractivity contribution in [3.63, 3.8) is 0 Å². The van der Waals surface area contributed by atoms with Gasteiger partial charge in [-0.15, -0.1) is 0 Å². The molecule has 1 aliphatic carbocycles. The summed E-state index contributed by atoms with van der Waals surface area (Å²) in [6, 6.07) is 2.05. The quantitative estimate of drug-likeness (QED) is 0.682. The average Bonchev–Trinajstić information content (AvgIpc) is 2.44. The van der Waals surface area contributed by atoms with Crippen molar-refractivity contribution in [3.05, 3.63) is 0 Å². The second kappa shape index (κ2) is 5.59. The van der Waals surface area contributed by atoms with Gasteiger partial charge in [-0.25, -0.2) is 4.79 Å². The van der Waals surface area contributed by atoms with Crippen LogP contribution in [-0.2, 0) is 0 Å². The summed E-state index contributed by atoms with van der Waals surface area (Å²) in [6.07, 6.45) is 5.95. The van der Waals surface area contributed by atoms with E-state index >= 15 is 0 Å². The Labute approximate surface area is 91.0 Å². The zero-order valence-electron chi connectivity index (χ0n) is 9.31. The predicted molar refractivity (Wildman–Crippen MR) is 58.3 cm³/mol. The van der Waals surface area contributed by atoms with Crippen LogP contribution in [0.1, 0.15) is 45.4 Å². The minimum atomic E-state index is -0.629. The molecule has 0 saturated heterocycles. The molecule has 0 radical (unpaired) electrons. The first-order valence-corrected chi connectivity index (χ1v) is 5.70. The van der Waals surface area contributed by atoms with Gasteiger partial charge in [-0.05, 0) is 19.8 Å². The lowest BCUT2D eigenvalue weighted by molar-refractivity contribution is 0.229. The van der Waals surface area contributed by atoms with Gasteiger partial charge in [-0.2, -0.15) is 5.26 Å². The zero-order valence-corrected chi connectivity index (χ0v) is 9.31. The molecule has 84 valence electrons. The summed E-state index contributed by atoms with van der Waals surface area (Å²) in [4.78, 5) is 11.4. The summed E-state index contributed by atoms with van der Waals surface area (Å²) in [7, 11) is 0. The molecule has 1 saturated carbocycles. The fourth-order valence-electron chi connectivity index (χ4n) is 2.02. The molecule has 0 aromatic rings. The highest BCUT2D eigenvalue weighted by Crippen LogP contribution is 2.26. The van der Waals surface area contributed by atoms with E-state index in [1.807, 2.05) is 6.92 Å². The number of rotatable bonds is 2. The highest BCUT2D eigenvalue weighted by atomic mass is 16.2.